The number of nitrogens with one attached hydrogen (secondary N) is 1. The van der Waals surface area contributed by atoms with E-state index in [4.69, 9.17) is 9.73 Å². The minimum Gasteiger partial charge on any atom is -0.451 e. The summed E-state index contributed by atoms with van der Waals surface area (Å²) in [5.41, 5.74) is -0.0987. The van der Waals surface area contributed by atoms with Crippen molar-refractivity contribution in [3.63, 3.8) is 0 Å². The summed E-state index contributed by atoms with van der Waals surface area (Å²) in [6.07, 6.45) is 12.9. The molecule has 0 spiro atoms. The molecule has 1 N–H and O–H groups in total. The average Bonchev–Trinajstić information content (AvgIpc) is 2.40. The number of aliphatic imine (C=N–C) groups is 1. The molecule has 0 saturated heterocycles. The summed E-state index contributed by atoms with van der Waals surface area (Å²) < 4.78 is 5.76. The van der Waals surface area contributed by atoms with E-state index in [0.29, 0.717) is 12.1 Å². The van der Waals surface area contributed by atoms with Gasteiger partial charge in [0, 0.05) is 6.04 Å². The fraction of sp³-hybridized carbons (Fsp3) is 0.933. The first kappa shape index (κ1) is 15.0. The highest BCUT2D eigenvalue weighted by Crippen LogP contribution is 2.21. The molecule has 2 fully saturated rings. The highest BCUT2D eigenvalue weighted by atomic mass is 32.1. The molecule has 19 heavy (non-hydrogen) atoms. The summed E-state index contributed by atoms with van der Waals surface area (Å²) in [6, 6.07) is 1.73. The number of thiol groups is 1. The maximum atomic E-state index is 5.76. The lowest BCUT2D eigenvalue weighted by Crippen LogP contribution is -2.39. The quantitative estimate of drug-likeness (QED) is 0.357. The zero-order chi connectivity index (χ0) is 13.5. The molecular formula is C15H28N2OS. The molecular weight excluding hydrogens is 256 g/mol. The van der Waals surface area contributed by atoms with Gasteiger partial charge in [0.2, 0.25) is 0 Å². The Morgan fingerprint density at radius 3 is 2.21 bits per heavy atom. The number of hydrogen-bond donors (Lipinski definition) is 2. The van der Waals surface area contributed by atoms with Gasteiger partial charge in [0.15, 0.2) is 0 Å². The first-order valence-electron chi connectivity index (χ1n) is 7.93. The molecule has 2 rings (SSSR count). The van der Waals surface area contributed by atoms with Gasteiger partial charge < -0.3 is 10.1 Å². The van der Waals surface area contributed by atoms with E-state index in [-0.39, 0.29) is 5.44 Å². The summed E-state index contributed by atoms with van der Waals surface area (Å²) in [7, 11) is 0. The maximum absolute atomic E-state index is 5.76. The van der Waals surface area contributed by atoms with Crippen LogP contribution in [0.15, 0.2) is 4.99 Å². The van der Waals surface area contributed by atoms with Gasteiger partial charge in [-0.15, -0.1) is 12.6 Å². The second kappa shape index (κ2) is 8.03. The molecule has 0 aliphatic heterocycles. The third-order valence-electron chi connectivity index (χ3n) is 4.09. The Kier molecular flexibility index (Phi) is 6.35. The Balaban J connectivity index is 1.91. The molecule has 0 radical (unpaired) electrons. The Bertz CT molecular complexity index is 282. The van der Waals surface area contributed by atoms with Crippen LogP contribution in [0.4, 0.5) is 0 Å². The standard InChI is InChI=1S/C15H28N2OS/c1-12(19)18-15(16-13-8-4-2-5-9-13)17-14-10-6-3-7-11-14/h12-14,19H,2-11H2,1H3,(H,16,17). The molecule has 2 aliphatic carbocycles. The number of rotatable bonds is 3. The van der Waals surface area contributed by atoms with Crippen LogP contribution in [-0.4, -0.2) is 23.5 Å². The fourth-order valence-electron chi connectivity index (χ4n) is 3.06. The summed E-state index contributed by atoms with van der Waals surface area (Å²) in [4.78, 5) is 4.80. The van der Waals surface area contributed by atoms with Crippen molar-refractivity contribution in [1.29, 1.82) is 0 Å². The second-order valence-electron chi connectivity index (χ2n) is 5.92. The summed E-state index contributed by atoms with van der Waals surface area (Å²) >= 11 is 4.33. The topological polar surface area (TPSA) is 33.6 Å². The summed E-state index contributed by atoms with van der Waals surface area (Å²) in [5, 5.41) is 3.51. The van der Waals surface area contributed by atoms with Crippen LogP contribution in [0.5, 0.6) is 0 Å². The van der Waals surface area contributed by atoms with E-state index in [9.17, 15) is 0 Å². The molecule has 4 heteroatoms. The molecule has 0 amide bonds. The smallest absolute Gasteiger partial charge is 0.286 e. The van der Waals surface area contributed by atoms with E-state index in [1.807, 2.05) is 6.92 Å². The highest BCUT2D eigenvalue weighted by molar-refractivity contribution is 7.80. The van der Waals surface area contributed by atoms with E-state index in [1.165, 1.54) is 64.2 Å². The van der Waals surface area contributed by atoms with Gasteiger partial charge in [0.1, 0.15) is 5.44 Å². The summed E-state index contributed by atoms with van der Waals surface area (Å²) in [6.45, 7) is 1.95. The Morgan fingerprint density at radius 2 is 1.63 bits per heavy atom. The van der Waals surface area contributed by atoms with Crippen LogP contribution in [0.1, 0.15) is 71.1 Å². The van der Waals surface area contributed by atoms with Crippen LogP contribution in [0.3, 0.4) is 0 Å². The van der Waals surface area contributed by atoms with Crippen LogP contribution < -0.4 is 5.32 Å². The van der Waals surface area contributed by atoms with Crippen molar-refractivity contribution in [3.8, 4) is 0 Å². The predicted molar refractivity (Wildman–Crippen MR) is 83.8 cm³/mol. The van der Waals surface area contributed by atoms with Crippen molar-refractivity contribution < 1.29 is 4.74 Å². The molecule has 0 aromatic carbocycles. The lowest BCUT2D eigenvalue weighted by molar-refractivity contribution is 0.262. The lowest BCUT2D eigenvalue weighted by atomic mass is 9.95. The second-order valence-corrected chi connectivity index (χ2v) is 6.65. The van der Waals surface area contributed by atoms with Gasteiger partial charge in [-0.25, -0.2) is 4.99 Å². The monoisotopic (exact) mass is 284 g/mol. The van der Waals surface area contributed by atoms with Gasteiger partial charge in [0.25, 0.3) is 6.02 Å². The van der Waals surface area contributed by atoms with E-state index >= 15 is 0 Å². The molecule has 0 aromatic rings. The Morgan fingerprint density at radius 1 is 1.05 bits per heavy atom. The molecule has 1 atom stereocenters. The molecule has 0 bridgehead atoms. The lowest BCUT2D eigenvalue weighted by Gasteiger charge is -2.26. The molecule has 2 saturated carbocycles. The normalized spacial score (nSPS) is 25.1. The Labute approximate surface area is 123 Å². The molecule has 0 heterocycles. The number of amidine groups is 1. The first-order valence-corrected chi connectivity index (χ1v) is 8.45. The molecule has 110 valence electrons. The van der Waals surface area contributed by atoms with Crippen molar-refractivity contribution in [3.05, 3.63) is 0 Å². The zero-order valence-corrected chi connectivity index (χ0v) is 13.0. The highest BCUT2D eigenvalue weighted by Gasteiger charge is 2.19. The van der Waals surface area contributed by atoms with Crippen LogP contribution >= 0.6 is 12.6 Å². The van der Waals surface area contributed by atoms with E-state index in [2.05, 4.69) is 17.9 Å². The van der Waals surface area contributed by atoms with E-state index < -0.39 is 0 Å². The van der Waals surface area contributed by atoms with Crippen LogP contribution in [0.2, 0.25) is 0 Å². The van der Waals surface area contributed by atoms with Gasteiger partial charge in [-0.1, -0.05) is 38.5 Å². The minimum atomic E-state index is -0.0987. The van der Waals surface area contributed by atoms with Gasteiger partial charge in [-0.05, 0) is 32.6 Å². The van der Waals surface area contributed by atoms with Crippen molar-refractivity contribution in [2.45, 2.75) is 88.7 Å². The molecule has 1 unspecified atom stereocenters. The first-order chi connectivity index (χ1) is 9.24. The Hall–Kier alpha value is -0.380. The van der Waals surface area contributed by atoms with Crippen molar-refractivity contribution in [2.75, 3.05) is 0 Å². The van der Waals surface area contributed by atoms with Gasteiger partial charge >= 0.3 is 0 Å². The van der Waals surface area contributed by atoms with Crippen molar-refractivity contribution >= 4 is 18.7 Å². The van der Waals surface area contributed by atoms with Crippen molar-refractivity contribution in [1.82, 2.24) is 5.32 Å². The van der Waals surface area contributed by atoms with Crippen LogP contribution in [-0.2, 0) is 4.74 Å². The molecule has 0 aromatic heterocycles. The van der Waals surface area contributed by atoms with Crippen molar-refractivity contribution in [2.24, 2.45) is 4.99 Å². The number of hydrogen-bond acceptors (Lipinski definition) is 3. The number of nitrogens with zero attached hydrogens (tertiary/aromatic N) is 1. The SMILES string of the molecule is CC(S)O/C(=N\C1CCCCC1)NC1CCCCC1. The minimum absolute atomic E-state index is 0.0987. The zero-order valence-electron chi connectivity index (χ0n) is 12.1. The van der Waals surface area contributed by atoms with Crippen LogP contribution in [0.25, 0.3) is 0 Å². The van der Waals surface area contributed by atoms with Crippen LogP contribution in [0, 0.1) is 0 Å². The largest absolute Gasteiger partial charge is 0.451 e. The third kappa shape index (κ3) is 5.64. The van der Waals surface area contributed by atoms with E-state index in [1.54, 1.807) is 0 Å². The summed E-state index contributed by atoms with van der Waals surface area (Å²) in [5.74, 6) is 0. The van der Waals surface area contributed by atoms with Gasteiger partial charge in [-0.2, -0.15) is 0 Å². The number of ether oxygens (including phenoxy) is 1. The third-order valence-corrected chi connectivity index (χ3v) is 4.19. The van der Waals surface area contributed by atoms with Gasteiger partial charge in [0.05, 0.1) is 6.04 Å². The fourth-order valence-corrected chi connectivity index (χ4v) is 3.16. The molecule has 2 aliphatic rings. The van der Waals surface area contributed by atoms with Gasteiger partial charge in [-0.3, -0.25) is 0 Å². The van der Waals surface area contributed by atoms with E-state index in [0.717, 1.165) is 6.02 Å². The predicted octanol–water partition coefficient (Wildman–Crippen LogP) is 3.89. The maximum Gasteiger partial charge on any atom is 0.286 e. The average molecular weight is 284 g/mol. The molecule has 3 nitrogen and oxygen atoms in total.